The van der Waals surface area contributed by atoms with E-state index in [2.05, 4.69) is 11.7 Å². The Kier molecular flexibility index (Phi) is 10.2. The molecule has 0 aromatic heterocycles. The standard InChI is InChI=1S/C12H24O4/c1-3-5-6-7-8-9-11(15-4-2)10-16-12(13)14/h11H,3-10H2,1-2H3,(H,13,14). The third kappa shape index (κ3) is 9.77. The second kappa shape index (κ2) is 10.7. The summed E-state index contributed by atoms with van der Waals surface area (Å²) in [5.74, 6) is 0. The Hall–Kier alpha value is -0.770. The molecule has 0 rings (SSSR count). The summed E-state index contributed by atoms with van der Waals surface area (Å²) >= 11 is 0. The minimum absolute atomic E-state index is 0.0808. The summed E-state index contributed by atoms with van der Waals surface area (Å²) in [6.07, 6.45) is 5.58. The molecule has 1 N–H and O–H groups in total. The molecule has 0 radical (unpaired) electrons. The molecule has 0 spiro atoms. The lowest BCUT2D eigenvalue weighted by molar-refractivity contribution is -0.00711. The van der Waals surface area contributed by atoms with E-state index in [0.717, 1.165) is 12.8 Å². The topological polar surface area (TPSA) is 55.8 Å². The Balaban J connectivity index is 3.55. The molecule has 0 aliphatic rings. The monoisotopic (exact) mass is 232 g/mol. The van der Waals surface area contributed by atoms with Crippen molar-refractivity contribution in [3.63, 3.8) is 0 Å². The van der Waals surface area contributed by atoms with Crippen molar-refractivity contribution < 1.29 is 19.4 Å². The lowest BCUT2D eigenvalue weighted by Gasteiger charge is -2.15. The average molecular weight is 232 g/mol. The molecule has 96 valence electrons. The maximum absolute atomic E-state index is 10.2. The maximum Gasteiger partial charge on any atom is 0.505 e. The Bertz CT molecular complexity index is 170. The maximum atomic E-state index is 10.2. The van der Waals surface area contributed by atoms with Crippen molar-refractivity contribution in [1.29, 1.82) is 0 Å². The molecule has 0 heterocycles. The van der Waals surface area contributed by atoms with Crippen molar-refractivity contribution in [1.82, 2.24) is 0 Å². The molecule has 4 heteroatoms. The van der Waals surface area contributed by atoms with Crippen molar-refractivity contribution >= 4 is 6.16 Å². The number of carbonyl (C=O) groups is 1. The minimum atomic E-state index is -1.23. The van der Waals surface area contributed by atoms with Crippen LogP contribution in [0.4, 0.5) is 4.79 Å². The fraction of sp³-hybridized carbons (Fsp3) is 0.917. The van der Waals surface area contributed by atoms with Crippen LogP contribution in [0.3, 0.4) is 0 Å². The normalized spacial score (nSPS) is 12.4. The highest BCUT2D eigenvalue weighted by atomic mass is 16.7. The van der Waals surface area contributed by atoms with Crippen LogP contribution in [0.5, 0.6) is 0 Å². The fourth-order valence-electron chi connectivity index (χ4n) is 1.59. The van der Waals surface area contributed by atoms with Gasteiger partial charge in [-0.2, -0.15) is 0 Å². The van der Waals surface area contributed by atoms with Crippen LogP contribution < -0.4 is 0 Å². The van der Waals surface area contributed by atoms with Crippen LogP contribution in [0.2, 0.25) is 0 Å². The van der Waals surface area contributed by atoms with Crippen molar-refractivity contribution in [2.45, 2.75) is 58.5 Å². The van der Waals surface area contributed by atoms with Crippen LogP contribution in [-0.4, -0.2) is 30.6 Å². The van der Waals surface area contributed by atoms with Crippen LogP contribution in [0.15, 0.2) is 0 Å². The van der Waals surface area contributed by atoms with Crippen molar-refractivity contribution in [2.75, 3.05) is 13.2 Å². The van der Waals surface area contributed by atoms with E-state index in [0.29, 0.717) is 6.61 Å². The molecule has 0 aliphatic carbocycles. The van der Waals surface area contributed by atoms with Gasteiger partial charge in [-0.05, 0) is 13.3 Å². The summed E-state index contributed by atoms with van der Waals surface area (Å²) in [6, 6.07) is 0. The largest absolute Gasteiger partial charge is 0.505 e. The SMILES string of the molecule is CCCCCCCC(COC(=O)O)OCC. The summed E-state index contributed by atoms with van der Waals surface area (Å²) in [6.45, 7) is 4.84. The number of rotatable bonds is 10. The number of ether oxygens (including phenoxy) is 2. The van der Waals surface area contributed by atoms with E-state index in [1.165, 1.54) is 25.7 Å². The van der Waals surface area contributed by atoms with Gasteiger partial charge in [-0.1, -0.05) is 39.0 Å². The first-order valence-electron chi connectivity index (χ1n) is 6.18. The zero-order valence-electron chi connectivity index (χ0n) is 10.4. The van der Waals surface area contributed by atoms with Gasteiger partial charge >= 0.3 is 6.16 Å². The molecule has 1 unspecified atom stereocenters. The van der Waals surface area contributed by atoms with E-state index < -0.39 is 6.16 Å². The highest BCUT2D eigenvalue weighted by molar-refractivity contribution is 5.56. The predicted octanol–water partition coefficient (Wildman–Crippen LogP) is 3.45. The molecule has 1 atom stereocenters. The zero-order chi connectivity index (χ0) is 12.2. The molecule has 0 saturated heterocycles. The molecule has 4 nitrogen and oxygen atoms in total. The third-order valence-corrected chi connectivity index (χ3v) is 2.42. The van der Waals surface area contributed by atoms with Gasteiger partial charge in [-0.15, -0.1) is 0 Å². The Morgan fingerprint density at radius 3 is 2.44 bits per heavy atom. The van der Waals surface area contributed by atoms with E-state index in [1.807, 2.05) is 6.92 Å². The predicted molar refractivity (Wildman–Crippen MR) is 62.8 cm³/mol. The fourth-order valence-corrected chi connectivity index (χ4v) is 1.59. The highest BCUT2D eigenvalue weighted by Gasteiger charge is 2.10. The first kappa shape index (κ1) is 15.2. The first-order chi connectivity index (χ1) is 7.70. The van der Waals surface area contributed by atoms with E-state index in [1.54, 1.807) is 0 Å². The summed E-state index contributed by atoms with van der Waals surface area (Å²) in [5, 5.41) is 8.39. The highest BCUT2D eigenvalue weighted by Crippen LogP contribution is 2.10. The van der Waals surface area contributed by atoms with Gasteiger partial charge in [-0.25, -0.2) is 4.79 Å². The van der Waals surface area contributed by atoms with Crippen LogP contribution in [0.25, 0.3) is 0 Å². The van der Waals surface area contributed by atoms with Crippen molar-refractivity contribution in [2.24, 2.45) is 0 Å². The quantitative estimate of drug-likeness (QED) is 0.463. The molecule has 0 fully saturated rings. The Labute approximate surface area is 97.9 Å². The second-order valence-electron chi connectivity index (χ2n) is 3.86. The lowest BCUT2D eigenvalue weighted by atomic mass is 10.1. The van der Waals surface area contributed by atoms with Gasteiger partial charge in [0.05, 0.1) is 6.10 Å². The smallest absolute Gasteiger partial charge is 0.450 e. The third-order valence-electron chi connectivity index (χ3n) is 2.42. The summed E-state index contributed by atoms with van der Waals surface area (Å²) in [7, 11) is 0. The van der Waals surface area contributed by atoms with E-state index in [-0.39, 0.29) is 12.7 Å². The Morgan fingerprint density at radius 1 is 1.19 bits per heavy atom. The number of hydrogen-bond donors (Lipinski definition) is 1. The molecule has 0 bridgehead atoms. The van der Waals surface area contributed by atoms with Gasteiger partial charge in [0.25, 0.3) is 0 Å². The van der Waals surface area contributed by atoms with Gasteiger partial charge in [0.2, 0.25) is 0 Å². The zero-order valence-corrected chi connectivity index (χ0v) is 10.4. The van der Waals surface area contributed by atoms with Crippen molar-refractivity contribution in [3.05, 3.63) is 0 Å². The summed E-state index contributed by atoms with van der Waals surface area (Å²) in [4.78, 5) is 10.2. The van der Waals surface area contributed by atoms with Gasteiger partial charge in [-0.3, -0.25) is 0 Å². The second-order valence-corrected chi connectivity index (χ2v) is 3.86. The van der Waals surface area contributed by atoms with E-state index >= 15 is 0 Å². The molecule has 0 aliphatic heterocycles. The molecule has 0 saturated carbocycles. The lowest BCUT2D eigenvalue weighted by Crippen LogP contribution is -2.21. The van der Waals surface area contributed by atoms with Crippen molar-refractivity contribution in [3.8, 4) is 0 Å². The average Bonchev–Trinajstić information content (AvgIpc) is 2.25. The molecular weight excluding hydrogens is 208 g/mol. The number of hydrogen-bond acceptors (Lipinski definition) is 3. The molecule has 0 amide bonds. The van der Waals surface area contributed by atoms with Gasteiger partial charge in [0.15, 0.2) is 0 Å². The van der Waals surface area contributed by atoms with Gasteiger partial charge in [0.1, 0.15) is 6.61 Å². The van der Waals surface area contributed by atoms with Crippen LogP contribution >= 0.6 is 0 Å². The minimum Gasteiger partial charge on any atom is -0.450 e. The summed E-state index contributed by atoms with van der Waals surface area (Å²) < 4.78 is 9.94. The van der Waals surface area contributed by atoms with E-state index in [4.69, 9.17) is 9.84 Å². The molecule has 0 aromatic rings. The van der Waals surface area contributed by atoms with Crippen LogP contribution in [0.1, 0.15) is 52.4 Å². The summed E-state index contributed by atoms with van der Waals surface area (Å²) in [5.41, 5.74) is 0. The Morgan fingerprint density at radius 2 is 1.88 bits per heavy atom. The van der Waals surface area contributed by atoms with Crippen LogP contribution in [0, 0.1) is 0 Å². The van der Waals surface area contributed by atoms with Crippen LogP contribution in [-0.2, 0) is 9.47 Å². The number of carboxylic acid groups (broad SMARTS) is 1. The molecular formula is C12H24O4. The van der Waals surface area contributed by atoms with E-state index in [9.17, 15) is 4.79 Å². The molecule has 16 heavy (non-hydrogen) atoms. The first-order valence-corrected chi connectivity index (χ1v) is 6.18. The van der Waals surface area contributed by atoms with Gasteiger partial charge in [0, 0.05) is 6.61 Å². The molecule has 0 aromatic carbocycles. The number of unbranched alkanes of at least 4 members (excludes halogenated alkanes) is 4. The van der Waals surface area contributed by atoms with Gasteiger partial charge < -0.3 is 14.6 Å².